The van der Waals surface area contributed by atoms with E-state index in [9.17, 15) is 13.2 Å². The van der Waals surface area contributed by atoms with Crippen molar-refractivity contribution >= 4 is 26.8 Å². The van der Waals surface area contributed by atoms with E-state index in [1.165, 1.54) is 6.07 Å². The fourth-order valence-electron chi connectivity index (χ4n) is 4.91. The lowest BCUT2D eigenvalue weighted by Crippen LogP contribution is -2.40. The smallest absolute Gasteiger partial charge is 0.264 e. The molecule has 1 heterocycles. The van der Waals surface area contributed by atoms with E-state index in [1.54, 1.807) is 37.6 Å². The van der Waals surface area contributed by atoms with Crippen LogP contribution in [0.25, 0.3) is 10.9 Å². The summed E-state index contributed by atoms with van der Waals surface area (Å²) in [6.07, 6.45) is 5.62. The van der Waals surface area contributed by atoms with E-state index < -0.39 is 21.3 Å². The maximum absolute atomic E-state index is 13.5. The van der Waals surface area contributed by atoms with Gasteiger partial charge in [-0.2, -0.15) is 0 Å². The van der Waals surface area contributed by atoms with Crippen molar-refractivity contribution in [2.24, 2.45) is 0 Å². The summed E-state index contributed by atoms with van der Waals surface area (Å²) in [4.78, 5) is 17.8. The first-order valence-electron chi connectivity index (χ1n) is 11.6. The Bertz CT molecular complexity index is 1350. The SMILES string of the molecule is CCOc1ccc(C2(OC)CCC2)cc1C1(C(=O)NS(=O)(=O)c2cccc3ncccc23)CC1. The third-order valence-electron chi connectivity index (χ3n) is 7.18. The highest BCUT2D eigenvalue weighted by Gasteiger charge is 2.54. The number of methoxy groups -OCH3 is 1. The van der Waals surface area contributed by atoms with Gasteiger partial charge in [-0.3, -0.25) is 9.78 Å². The number of pyridine rings is 1. The summed E-state index contributed by atoms with van der Waals surface area (Å²) in [5.74, 6) is 0.0720. The molecule has 2 fully saturated rings. The third kappa shape index (κ3) is 3.65. The zero-order chi connectivity index (χ0) is 24.0. The van der Waals surface area contributed by atoms with Gasteiger partial charge in [0.25, 0.3) is 10.0 Å². The van der Waals surface area contributed by atoms with E-state index in [1.807, 2.05) is 25.1 Å². The largest absolute Gasteiger partial charge is 0.494 e. The Labute approximate surface area is 199 Å². The molecule has 2 aromatic carbocycles. The van der Waals surface area contributed by atoms with Crippen LogP contribution < -0.4 is 9.46 Å². The van der Waals surface area contributed by atoms with Gasteiger partial charge in [0.1, 0.15) is 5.75 Å². The first-order valence-corrected chi connectivity index (χ1v) is 13.1. The lowest BCUT2D eigenvalue weighted by atomic mass is 9.73. The summed E-state index contributed by atoms with van der Waals surface area (Å²) in [5.41, 5.74) is 0.975. The lowest BCUT2D eigenvalue weighted by molar-refractivity contribution is -0.121. The average molecular weight is 481 g/mol. The van der Waals surface area contributed by atoms with Crippen molar-refractivity contribution in [3.8, 4) is 5.75 Å². The number of sulfonamides is 1. The van der Waals surface area contributed by atoms with E-state index in [0.717, 1.165) is 30.4 Å². The highest BCUT2D eigenvalue weighted by Crippen LogP contribution is 2.54. The highest BCUT2D eigenvalue weighted by atomic mass is 32.2. The molecule has 2 aliphatic rings. The minimum Gasteiger partial charge on any atom is -0.494 e. The van der Waals surface area contributed by atoms with Crippen LogP contribution in [-0.4, -0.2) is 33.0 Å². The summed E-state index contributed by atoms with van der Waals surface area (Å²) in [6.45, 7) is 2.33. The Morgan fingerprint density at radius 2 is 1.88 bits per heavy atom. The molecule has 0 unspecified atom stereocenters. The number of amides is 1. The number of aromatic nitrogens is 1. The fraction of sp³-hybridized carbons (Fsp3) is 0.385. The monoisotopic (exact) mass is 480 g/mol. The predicted molar refractivity (Wildman–Crippen MR) is 128 cm³/mol. The van der Waals surface area contributed by atoms with Gasteiger partial charge in [-0.15, -0.1) is 0 Å². The molecule has 0 atom stereocenters. The minimum atomic E-state index is -4.10. The van der Waals surface area contributed by atoms with Gasteiger partial charge in [0.05, 0.1) is 28.0 Å². The van der Waals surface area contributed by atoms with E-state index in [2.05, 4.69) is 9.71 Å². The molecule has 1 N–H and O–H groups in total. The number of benzene rings is 2. The maximum Gasteiger partial charge on any atom is 0.264 e. The van der Waals surface area contributed by atoms with Gasteiger partial charge in [-0.1, -0.05) is 12.1 Å². The van der Waals surface area contributed by atoms with Gasteiger partial charge in [-0.05, 0) is 81.0 Å². The van der Waals surface area contributed by atoms with Crippen molar-refractivity contribution in [2.75, 3.05) is 13.7 Å². The van der Waals surface area contributed by atoms with Crippen LogP contribution in [0, 0.1) is 0 Å². The molecule has 5 rings (SSSR count). The summed E-state index contributed by atoms with van der Waals surface area (Å²) in [5, 5.41) is 0.471. The number of nitrogens with zero attached hydrogens (tertiary/aromatic N) is 1. The predicted octanol–water partition coefficient (Wildman–Crippen LogP) is 4.20. The second-order valence-corrected chi connectivity index (χ2v) is 10.7. The Kier molecular flexibility index (Phi) is 5.61. The Morgan fingerprint density at radius 1 is 1.09 bits per heavy atom. The molecule has 0 saturated heterocycles. The molecule has 1 aromatic heterocycles. The molecule has 0 radical (unpaired) electrons. The van der Waals surface area contributed by atoms with Gasteiger partial charge < -0.3 is 9.47 Å². The normalized spacial score (nSPS) is 18.2. The van der Waals surface area contributed by atoms with Gasteiger partial charge in [-0.25, -0.2) is 13.1 Å². The van der Waals surface area contributed by atoms with Gasteiger partial charge >= 0.3 is 0 Å². The minimum absolute atomic E-state index is 0.0360. The van der Waals surface area contributed by atoms with Crippen LogP contribution in [0.1, 0.15) is 50.2 Å². The second-order valence-electron chi connectivity index (χ2n) is 9.04. The zero-order valence-electron chi connectivity index (χ0n) is 19.3. The average Bonchev–Trinajstić information content (AvgIpc) is 3.61. The van der Waals surface area contributed by atoms with Crippen molar-refractivity contribution in [3.05, 3.63) is 65.9 Å². The summed E-state index contributed by atoms with van der Waals surface area (Å²) >= 11 is 0. The van der Waals surface area contributed by atoms with Crippen molar-refractivity contribution in [2.45, 2.75) is 54.9 Å². The molecule has 0 spiro atoms. The molecule has 7 nitrogen and oxygen atoms in total. The number of hydrogen-bond donors (Lipinski definition) is 1. The van der Waals surface area contributed by atoms with Crippen molar-refractivity contribution in [1.82, 2.24) is 9.71 Å². The summed E-state index contributed by atoms with van der Waals surface area (Å²) in [6, 6.07) is 14.1. The van der Waals surface area contributed by atoms with Gasteiger partial charge in [0, 0.05) is 24.3 Å². The zero-order valence-corrected chi connectivity index (χ0v) is 20.2. The Balaban J connectivity index is 1.51. The number of nitrogens with one attached hydrogen (secondary N) is 1. The van der Waals surface area contributed by atoms with Crippen LogP contribution in [0.15, 0.2) is 59.6 Å². The molecule has 2 aliphatic carbocycles. The molecule has 178 valence electrons. The number of hydrogen-bond acceptors (Lipinski definition) is 6. The molecule has 34 heavy (non-hydrogen) atoms. The van der Waals surface area contributed by atoms with Crippen LogP contribution in [0.3, 0.4) is 0 Å². The van der Waals surface area contributed by atoms with Crippen LogP contribution in [0.5, 0.6) is 5.75 Å². The quantitative estimate of drug-likeness (QED) is 0.519. The molecule has 0 bridgehead atoms. The van der Waals surface area contributed by atoms with E-state index in [0.29, 0.717) is 36.1 Å². The number of ether oxygens (including phenoxy) is 2. The van der Waals surface area contributed by atoms with E-state index in [4.69, 9.17) is 9.47 Å². The third-order valence-corrected chi connectivity index (χ3v) is 8.57. The molecule has 3 aromatic rings. The standard InChI is InChI=1S/C26H28N2O5S/c1-3-33-22-11-10-18(26(32-2)12-6-13-26)17-20(22)25(14-15-25)24(29)28-34(30,31)23-9-4-8-21-19(23)7-5-16-27-21/h4-5,7-11,16-17H,3,6,12-15H2,1-2H3,(H,28,29). The topological polar surface area (TPSA) is 94.6 Å². The molecular formula is C26H28N2O5S. The molecule has 0 aliphatic heterocycles. The van der Waals surface area contributed by atoms with Crippen molar-refractivity contribution in [3.63, 3.8) is 0 Å². The summed E-state index contributed by atoms with van der Waals surface area (Å²) < 4.78 is 40.6. The molecule has 2 saturated carbocycles. The number of rotatable bonds is 8. The second kappa shape index (κ2) is 8.36. The molecule has 1 amide bonds. The Hall–Kier alpha value is -2.97. The van der Waals surface area contributed by atoms with E-state index >= 15 is 0 Å². The van der Waals surface area contributed by atoms with Crippen molar-refractivity contribution < 1.29 is 22.7 Å². The van der Waals surface area contributed by atoms with Crippen LogP contribution in [0.2, 0.25) is 0 Å². The maximum atomic E-state index is 13.5. The molecule has 8 heteroatoms. The van der Waals surface area contributed by atoms with Crippen LogP contribution in [0.4, 0.5) is 0 Å². The number of carbonyl (C=O) groups is 1. The number of fused-ring (bicyclic) bond motifs is 1. The first kappa shape index (κ1) is 22.8. The first-order chi connectivity index (χ1) is 16.4. The number of carbonyl (C=O) groups excluding carboxylic acids is 1. The Morgan fingerprint density at radius 3 is 2.53 bits per heavy atom. The van der Waals surface area contributed by atoms with Crippen molar-refractivity contribution in [1.29, 1.82) is 0 Å². The van der Waals surface area contributed by atoms with Gasteiger partial charge in [0.15, 0.2) is 0 Å². The lowest BCUT2D eigenvalue weighted by Gasteiger charge is -2.41. The highest BCUT2D eigenvalue weighted by molar-refractivity contribution is 7.90. The van der Waals surface area contributed by atoms with Gasteiger partial charge in [0.2, 0.25) is 5.91 Å². The fourth-order valence-corrected chi connectivity index (χ4v) is 6.17. The van der Waals surface area contributed by atoms with E-state index in [-0.39, 0.29) is 10.5 Å². The van der Waals surface area contributed by atoms with Crippen LogP contribution in [-0.2, 0) is 30.6 Å². The summed E-state index contributed by atoms with van der Waals surface area (Å²) in [7, 11) is -2.40. The molecular weight excluding hydrogens is 452 g/mol. The van der Waals surface area contributed by atoms with Crippen LogP contribution >= 0.6 is 0 Å².